The van der Waals surface area contributed by atoms with Crippen LogP contribution in [0.5, 0.6) is 0 Å². The van der Waals surface area contributed by atoms with Gasteiger partial charge in [0.05, 0.1) is 18.2 Å². The maximum Gasteiger partial charge on any atom is 0.0924 e. The lowest BCUT2D eigenvalue weighted by molar-refractivity contribution is 0.683. The summed E-state index contributed by atoms with van der Waals surface area (Å²) in [6.07, 6.45) is 10.0. The van der Waals surface area contributed by atoms with Crippen molar-refractivity contribution in [3.8, 4) is 11.3 Å². The van der Waals surface area contributed by atoms with Gasteiger partial charge in [0.2, 0.25) is 0 Å². The first-order valence-electron chi connectivity index (χ1n) is 8.38. The molecule has 2 nitrogen and oxygen atoms in total. The highest BCUT2D eigenvalue weighted by molar-refractivity contribution is 5.66. The summed E-state index contributed by atoms with van der Waals surface area (Å²) in [5.74, 6) is 0. The van der Waals surface area contributed by atoms with E-state index in [1.165, 1.54) is 48.8 Å². The standard InChI is InChI=1S/C14H16N2.C3H8.C2H6.H2/c1-10-6-7-13(14-8-15-9-16-14)12-5-3-2-4-11(10)12;1-3-2;1-2;/h6-9H,2-5H2,1H3,(H,15,16);3H2,1-2H3;1-2H3;1H. The second-order valence-electron chi connectivity index (χ2n) is 5.27. The van der Waals surface area contributed by atoms with E-state index in [0.717, 1.165) is 5.69 Å². The molecule has 0 saturated carbocycles. The molecule has 0 radical (unpaired) electrons. The Morgan fingerprint density at radius 1 is 1.10 bits per heavy atom. The Kier molecular flexibility index (Phi) is 7.81. The lowest BCUT2D eigenvalue weighted by Gasteiger charge is -2.21. The molecule has 0 spiro atoms. The van der Waals surface area contributed by atoms with Gasteiger partial charge in [-0.15, -0.1) is 0 Å². The van der Waals surface area contributed by atoms with Gasteiger partial charge >= 0.3 is 0 Å². The monoisotopic (exact) mass is 288 g/mol. The van der Waals surface area contributed by atoms with E-state index < -0.39 is 0 Å². The van der Waals surface area contributed by atoms with Crippen LogP contribution in [0, 0.1) is 6.92 Å². The van der Waals surface area contributed by atoms with Crippen molar-refractivity contribution in [2.75, 3.05) is 0 Å². The zero-order valence-electron chi connectivity index (χ0n) is 14.3. The number of H-pyrrole nitrogens is 1. The van der Waals surface area contributed by atoms with Crippen LogP contribution in [0.25, 0.3) is 11.3 Å². The van der Waals surface area contributed by atoms with Crippen LogP contribution in [0.3, 0.4) is 0 Å². The summed E-state index contributed by atoms with van der Waals surface area (Å²) in [4.78, 5) is 7.33. The van der Waals surface area contributed by atoms with E-state index in [1.54, 1.807) is 11.9 Å². The van der Waals surface area contributed by atoms with Gasteiger partial charge in [-0.05, 0) is 49.3 Å². The Morgan fingerprint density at radius 2 is 1.71 bits per heavy atom. The first-order valence-corrected chi connectivity index (χ1v) is 8.38. The van der Waals surface area contributed by atoms with Gasteiger partial charge in [0.1, 0.15) is 0 Å². The summed E-state index contributed by atoms with van der Waals surface area (Å²) in [5.41, 5.74) is 7.04. The Hall–Kier alpha value is -1.57. The summed E-state index contributed by atoms with van der Waals surface area (Å²) in [5, 5.41) is 0. The molecule has 0 amide bonds. The molecule has 1 heterocycles. The van der Waals surface area contributed by atoms with Crippen molar-refractivity contribution in [1.29, 1.82) is 0 Å². The maximum absolute atomic E-state index is 4.11. The fourth-order valence-corrected chi connectivity index (χ4v) is 2.70. The van der Waals surface area contributed by atoms with Crippen LogP contribution >= 0.6 is 0 Å². The lowest BCUT2D eigenvalue weighted by Crippen LogP contribution is -2.06. The van der Waals surface area contributed by atoms with Crippen molar-refractivity contribution in [3.05, 3.63) is 41.3 Å². The van der Waals surface area contributed by atoms with Gasteiger partial charge in [0.15, 0.2) is 0 Å². The summed E-state index contributed by atoms with van der Waals surface area (Å²) in [7, 11) is 0. The number of aryl methyl sites for hydroxylation is 1. The van der Waals surface area contributed by atoms with Gasteiger partial charge in [-0.3, -0.25) is 0 Å². The van der Waals surface area contributed by atoms with Crippen LogP contribution < -0.4 is 0 Å². The van der Waals surface area contributed by atoms with E-state index in [9.17, 15) is 0 Å². The van der Waals surface area contributed by atoms with Gasteiger partial charge in [-0.25, -0.2) is 4.98 Å². The molecular formula is C19H32N2. The third kappa shape index (κ3) is 4.45. The smallest absolute Gasteiger partial charge is 0.0924 e. The first kappa shape index (κ1) is 17.5. The minimum atomic E-state index is 0. The molecule has 1 aliphatic carbocycles. The Bertz CT molecular complexity index is 518. The molecule has 1 aromatic carbocycles. The van der Waals surface area contributed by atoms with Crippen molar-refractivity contribution in [2.45, 2.75) is 66.7 Å². The summed E-state index contributed by atoms with van der Waals surface area (Å²) in [6, 6.07) is 4.47. The number of aromatic nitrogens is 2. The van der Waals surface area contributed by atoms with Crippen LogP contribution in [0.4, 0.5) is 0 Å². The van der Waals surface area contributed by atoms with Crippen LogP contribution in [0.15, 0.2) is 24.7 Å². The SMILES string of the molecule is CC.CCC.Cc1ccc(-c2cnc[nH]2)c2c1CCCC2.[HH]. The Morgan fingerprint density at radius 3 is 2.29 bits per heavy atom. The third-order valence-corrected chi connectivity index (χ3v) is 3.56. The summed E-state index contributed by atoms with van der Waals surface area (Å²) in [6.45, 7) is 10.5. The van der Waals surface area contributed by atoms with E-state index >= 15 is 0 Å². The molecule has 3 rings (SSSR count). The van der Waals surface area contributed by atoms with E-state index in [4.69, 9.17) is 0 Å². The molecule has 0 saturated heterocycles. The predicted molar refractivity (Wildman–Crippen MR) is 94.8 cm³/mol. The number of benzene rings is 1. The van der Waals surface area contributed by atoms with E-state index in [-0.39, 0.29) is 1.43 Å². The topological polar surface area (TPSA) is 28.7 Å². The molecule has 2 heteroatoms. The van der Waals surface area contributed by atoms with Crippen molar-refractivity contribution in [2.24, 2.45) is 0 Å². The Labute approximate surface area is 131 Å². The highest BCUT2D eigenvalue weighted by Gasteiger charge is 2.16. The highest BCUT2D eigenvalue weighted by Crippen LogP contribution is 2.32. The number of nitrogens with zero attached hydrogens (tertiary/aromatic N) is 1. The number of hydrogen-bond donors (Lipinski definition) is 1. The molecule has 0 atom stereocenters. The Balaban J connectivity index is 0.000000663. The predicted octanol–water partition coefficient (Wildman–Crippen LogP) is 5.95. The largest absolute Gasteiger partial charge is 0.345 e. The third-order valence-electron chi connectivity index (χ3n) is 3.56. The van der Waals surface area contributed by atoms with Crippen molar-refractivity contribution in [3.63, 3.8) is 0 Å². The average Bonchev–Trinajstić information content (AvgIpc) is 3.05. The number of hydrogen-bond acceptors (Lipinski definition) is 1. The molecule has 21 heavy (non-hydrogen) atoms. The fraction of sp³-hybridized carbons (Fsp3) is 0.526. The molecule has 1 N–H and O–H groups in total. The number of aromatic amines is 1. The van der Waals surface area contributed by atoms with Crippen LogP contribution in [0.2, 0.25) is 0 Å². The quantitative estimate of drug-likeness (QED) is 0.690. The second kappa shape index (κ2) is 9.38. The molecule has 0 aliphatic heterocycles. The van der Waals surface area contributed by atoms with Gasteiger partial charge in [-0.1, -0.05) is 46.2 Å². The van der Waals surface area contributed by atoms with Crippen molar-refractivity contribution in [1.82, 2.24) is 9.97 Å². The second-order valence-corrected chi connectivity index (χ2v) is 5.27. The maximum atomic E-state index is 4.11. The van der Waals surface area contributed by atoms with Crippen LogP contribution in [-0.4, -0.2) is 9.97 Å². The molecular weight excluding hydrogens is 256 g/mol. The van der Waals surface area contributed by atoms with Gasteiger partial charge in [0, 0.05) is 6.99 Å². The zero-order chi connectivity index (χ0) is 15.7. The number of fused-ring (bicyclic) bond motifs is 1. The highest BCUT2D eigenvalue weighted by atomic mass is 14.9. The fourth-order valence-electron chi connectivity index (χ4n) is 2.70. The van der Waals surface area contributed by atoms with E-state index in [0.29, 0.717) is 0 Å². The normalized spacial score (nSPS) is 12.4. The summed E-state index contributed by atoms with van der Waals surface area (Å²) >= 11 is 0. The molecule has 0 fully saturated rings. The van der Waals surface area contributed by atoms with Gasteiger partial charge in [0.25, 0.3) is 0 Å². The summed E-state index contributed by atoms with van der Waals surface area (Å²) < 4.78 is 0. The van der Waals surface area contributed by atoms with Crippen molar-refractivity contribution >= 4 is 0 Å². The lowest BCUT2D eigenvalue weighted by atomic mass is 9.85. The molecule has 0 unspecified atom stereocenters. The van der Waals surface area contributed by atoms with E-state index in [1.807, 2.05) is 20.0 Å². The molecule has 0 bridgehead atoms. The zero-order valence-corrected chi connectivity index (χ0v) is 14.3. The molecule has 118 valence electrons. The minimum Gasteiger partial charge on any atom is -0.345 e. The molecule has 1 aliphatic rings. The number of imidazole rings is 1. The molecule has 1 aromatic heterocycles. The first-order chi connectivity index (χ1) is 10.3. The van der Waals surface area contributed by atoms with Crippen LogP contribution in [0.1, 0.15) is 65.1 Å². The number of rotatable bonds is 1. The van der Waals surface area contributed by atoms with Crippen LogP contribution in [-0.2, 0) is 12.8 Å². The average molecular weight is 288 g/mol. The van der Waals surface area contributed by atoms with Gasteiger partial charge in [-0.2, -0.15) is 0 Å². The number of nitrogens with one attached hydrogen (secondary N) is 1. The van der Waals surface area contributed by atoms with E-state index in [2.05, 4.69) is 42.9 Å². The van der Waals surface area contributed by atoms with Crippen molar-refractivity contribution < 1.29 is 1.43 Å². The molecule has 2 aromatic rings. The van der Waals surface area contributed by atoms with Gasteiger partial charge < -0.3 is 4.98 Å². The minimum absolute atomic E-state index is 0.